The van der Waals surface area contributed by atoms with Crippen LogP contribution in [-0.2, 0) is 28.6 Å². The van der Waals surface area contributed by atoms with Crippen LogP contribution in [0.1, 0.15) is 176 Å². The van der Waals surface area contributed by atoms with E-state index in [1.54, 1.807) is 0 Å². The van der Waals surface area contributed by atoms with Gasteiger partial charge in [0, 0.05) is 19.4 Å². The first kappa shape index (κ1) is 46.9. The van der Waals surface area contributed by atoms with E-state index >= 15 is 0 Å². The minimum Gasteiger partial charge on any atom is -0.462 e. The smallest absolute Gasteiger partial charge is 0.306 e. The summed E-state index contributed by atoms with van der Waals surface area (Å²) in [5.41, 5.74) is -0.115. The van der Waals surface area contributed by atoms with Gasteiger partial charge in [-0.2, -0.15) is 0 Å². The number of rotatable bonds is 33. The zero-order valence-corrected chi connectivity index (χ0v) is 33.0. The Labute approximate surface area is 302 Å². The Kier molecular flexibility index (Phi) is 30.4. The molecule has 0 rings (SSSR count). The highest BCUT2D eigenvalue weighted by atomic mass is 16.5. The molecule has 0 fully saturated rings. The van der Waals surface area contributed by atoms with Crippen molar-refractivity contribution in [2.75, 3.05) is 33.9 Å². The van der Waals surface area contributed by atoms with Crippen molar-refractivity contribution in [3.8, 4) is 0 Å². The molecular weight excluding hydrogens is 614 g/mol. The van der Waals surface area contributed by atoms with Gasteiger partial charge in [0.2, 0.25) is 0 Å². The summed E-state index contributed by atoms with van der Waals surface area (Å²) in [7, 11) is 4.17. The number of ether oxygens (including phenoxy) is 3. The fourth-order valence-corrected chi connectivity index (χ4v) is 6.40. The van der Waals surface area contributed by atoms with Crippen LogP contribution in [0, 0.1) is 11.3 Å². The Bertz CT molecular complexity index is 832. The van der Waals surface area contributed by atoms with Crippen molar-refractivity contribution in [3.63, 3.8) is 0 Å². The summed E-state index contributed by atoms with van der Waals surface area (Å²) < 4.78 is 16.8. The van der Waals surface area contributed by atoms with Gasteiger partial charge in [-0.05, 0) is 96.1 Å². The largest absolute Gasteiger partial charge is 0.462 e. The lowest BCUT2D eigenvalue weighted by atomic mass is 9.80. The molecule has 0 saturated heterocycles. The van der Waals surface area contributed by atoms with Crippen LogP contribution in [0.5, 0.6) is 0 Å². The quantitative estimate of drug-likeness (QED) is 0.0293. The summed E-state index contributed by atoms with van der Waals surface area (Å²) in [4.78, 5) is 39.4. The average Bonchev–Trinajstić information content (AvgIpc) is 3.02. The molecule has 7 heteroatoms. The molecule has 49 heavy (non-hydrogen) atoms. The Morgan fingerprint density at radius 2 is 1.10 bits per heavy atom. The number of hydrogen-bond acceptors (Lipinski definition) is 7. The van der Waals surface area contributed by atoms with Gasteiger partial charge < -0.3 is 19.1 Å². The number of unbranched alkanes of at least 4 members (excludes halogenated alkanes) is 12. The monoisotopic (exact) mass is 692 g/mol. The topological polar surface area (TPSA) is 82.1 Å². The van der Waals surface area contributed by atoms with E-state index in [9.17, 15) is 14.4 Å². The van der Waals surface area contributed by atoms with Gasteiger partial charge in [-0.3, -0.25) is 14.4 Å². The molecule has 0 aliphatic heterocycles. The maximum atomic E-state index is 13.1. The molecule has 0 saturated carbocycles. The predicted molar refractivity (Wildman–Crippen MR) is 204 cm³/mol. The van der Waals surface area contributed by atoms with Gasteiger partial charge in [-0.25, -0.2) is 0 Å². The predicted octanol–water partition coefficient (Wildman–Crippen LogP) is 10.9. The van der Waals surface area contributed by atoms with Crippen molar-refractivity contribution >= 4 is 17.9 Å². The summed E-state index contributed by atoms with van der Waals surface area (Å²) in [5.74, 6) is 0.143. The fraction of sp³-hybridized carbons (Fsp3) is 0.833. The van der Waals surface area contributed by atoms with E-state index in [0.29, 0.717) is 38.4 Å². The van der Waals surface area contributed by atoms with Gasteiger partial charge in [0.15, 0.2) is 0 Å². The van der Waals surface area contributed by atoms with E-state index < -0.39 is 0 Å². The molecule has 0 heterocycles. The van der Waals surface area contributed by atoms with E-state index in [0.717, 1.165) is 90.0 Å². The van der Waals surface area contributed by atoms with Crippen LogP contribution < -0.4 is 0 Å². The van der Waals surface area contributed by atoms with Gasteiger partial charge in [0.1, 0.15) is 19.3 Å². The van der Waals surface area contributed by atoms with Gasteiger partial charge in [0.05, 0.1) is 6.42 Å². The fourth-order valence-electron chi connectivity index (χ4n) is 6.40. The number of esters is 3. The van der Waals surface area contributed by atoms with Gasteiger partial charge in [0.25, 0.3) is 0 Å². The molecule has 1 unspecified atom stereocenters. The summed E-state index contributed by atoms with van der Waals surface area (Å²) in [6, 6.07) is 0. The van der Waals surface area contributed by atoms with Crippen LogP contribution in [0.2, 0.25) is 0 Å². The number of allylic oxidation sites excluding steroid dienone is 2. The molecule has 0 aromatic rings. The number of hydrogen-bond donors (Lipinski definition) is 0. The third kappa shape index (κ3) is 32.8. The maximum absolute atomic E-state index is 13.1. The molecule has 0 aromatic heterocycles. The highest BCUT2D eigenvalue weighted by Gasteiger charge is 2.27. The molecule has 286 valence electrons. The highest BCUT2D eigenvalue weighted by molar-refractivity contribution is 5.70. The molecule has 0 N–H and O–H groups in total. The molecule has 0 amide bonds. The second kappa shape index (κ2) is 31.8. The average molecular weight is 692 g/mol. The third-order valence-electron chi connectivity index (χ3n) is 8.78. The van der Waals surface area contributed by atoms with Crippen molar-refractivity contribution in [1.29, 1.82) is 0 Å². The second-order valence-electron chi connectivity index (χ2n) is 15.2. The van der Waals surface area contributed by atoms with Crippen molar-refractivity contribution in [2.24, 2.45) is 11.3 Å². The molecule has 0 bridgehead atoms. The zero-order chi connectivity index (χ0) is 36.6. The van der Waals surface area contributed by atoms with Crippen molar-refractivity contribution < 1.29 is 28.6 Å². The maximum Gasteiger partial charge on any atom is 0.306 e. The number of carbonyl (C=O) groups is 3. The molecule has 0 aliphatic carbocycles. The van der Waals surface area contributed by atoms with Crippen LogP contribution >= 0.6 is 0 Å². The van der Waals surface area contributed by atoms with Gasteiger partial charge >= 0.3 is 17.9 Å². The van der Waals surface area contributed by atoms with Crippen LogP contribution in [-0.4, -0.2) is 62.8 Å². The molecule has 0 aromatic carbocycles. The van der Waals surface area contributed by atoms with E-state index in [4.69, 9.17) is 14.2 Å². The third-order valence-corrected chi connectivity index (χ3v) is 8.78. The first-order valence-corrected chi connectivity index (χ1v) is 19.9. The molecule has 0 spiro atoms. The standard InChI is InChI=1S/C42H77NO6/c1-8-10-12-14-20-26-32-47-39(44)30-24-18-16-22-28-38(49-41(46)35-42(4,5)34-37(3)36-43(6)7)29-23-17-19-25-31-40(45)48-33-27-21-15-13-11-9-2/h20-21,26-27,37-38H,8-19,22-25,28-36H2,1-7H3/b26-20-,27-21-. The summed E-state index contributed by atoms with van der Waals surface area (Å²) in [6.45, 7) is 12.7. The van der Waals surface area contributed by atoms with Gasteiger partial charge in [-0.1, -0.05) is 110 Å². The Hall–Kier alpha value is -2.15. The molecule has 1 atom stereocenters. The van der Waals surface area contributed by atoms with E-state index in [2.05, 4.69) is 65.8 Å². The molecule has 0 aliphatic rings. The van der Waals surface area contributed by atoms with Crippen molar-refractivity contribution in [3.05, 3.63) is 24.3 Å². The normalized spacial score (nSPS) is 12.8. The van der Waals surface area contributed by atoms with E-state index in [1.807, 2.05) is 12.2 Å². The lowest BCUT2D eigenvalue weighted by Gasteiger charge is -2.29. The van der Waals surface area contributed by atoms with Crippen LogP contribution in [0.25, 0.3) is 0 Å². The second-order valence-corrected chi connectivity index (χ2v) is 15.2. The van der Waals surface area contributed by atoms with Gasteiger partial charge in [-0.15, -0.1) is 0 Å². The summed E-state index contributed by atoms with van der Waals surface area (Å²) >= 11 is 0. The summed E-state index contributed by atoms with van der Waals surface area (Å²) in [5, 5.41) is 0. The Morgan fingerprint density at radius 1 is 0.633 bits per heavy atom. The summed E-state index contributed by atoms with van der Waals surface area (Å²) in [6.07, 6.45) is 28.9. The SMILES string of the molecule is CCCCC/C=C\COC(=O)CCCCCCC(CCCCCCC(=O)OC/C=C\CCCCC)OC(=O)CC(C)(C)CC(C)CN(C)C. The first-order chi connectivity index (χ1) is 23.5. The number of nitrogens with zero attached hydrogens (tertiary/aromatic N) is 1. The minimum absolute atomic E-state index is 0.0920. The van der Waals surface area contributed by atoms with Crippen LogP contribution in [0.4, 0.5) is 0 Å². The number of carbonyl (C=O) groups excluding carboxylic acids is 3. The highest BCUT2D eigenvalue weighted by Crippen LogP contribution is 2.31. The van der Waals surface area contributed by atoms with Crippen molar-refractivity contribution in [1.82, 2.24) is 4.90 Å². The molecule has 7 nitrogen and oxygen atoms in total. The minimum atomic E-state index is -0.129. The first-order valence-electron chi connectivity index (χ1n) is 19.9. The molecule has 0 radical (unpaired) electrons. The Balaban J connectivity index is 4.56. The zero-order valence-electron chi connectivity index (χ0n) is 33.0. The molecular formula is C42H77NO6. The van der Waals surface area contributed by atoms with Crippen molar-refractivity contribution in [2.45, 2.75) is 182 Å². The van der Waals surface area contributed by atoms with E-state index in [1.165, 1.54) is 38.5 Å². The van der Waals surface area contributed by atoms with Crippen LogP contribution in [0.15, 0.2) is 24.3 Å². The lowest BCUT2D eigenvalue weighted by molar-refractivity contribution is -0.152. The Morgan fingerprint density at radius 3 is 1.55 bits per heavy atom. The lowest BCUT2D eigenvalue weighted by Crippen LogP contribution is -2.28. The van der Waals surface area contributed by atoms with E-state index in [-0.39, 0.29) is 29.4 Å². The van der Waals surface area contributed by atoms with Crippen LogP contribution in [0.3, 0.4) is 0 Å².